The highest BCUT2D eigenvalue weighted by atomic mass is 32.2. The molecule has 3 rings (SSSR count). The van der Waals surface area contributed by atoms with Crippen LogP contribution < -0.4 is 5.32 Å². The maximum Gasteiger partial charge on any atom is 0.251 e. The van der Waals surface area contributed by atoms with Crippen molar-refractivity contribution in [2.45, 2.75) is 17.7 Å². The molecule has 0 unspecified atom stereocenters. The molecule has 1 aliphatic carbocycles. The zero-order valence-corrected chi connectivity index (χ0v) is 8.83. The standard InChI is InChI=1S/C11H9N2OS/c14-10(7-5-6-7)13-11-12-8-3-1-2-4-9(8)15-11/h1-4,7H,5-6H2. The molecule has 4 heteroatoms. The van der Waals surface area contributed by atoms with E-state index in [-0.39, 0.29) is 11.8 Å². The molecule has 1 fully saturated rings. The lowest BCUT2D eigenvalue weighted by molar-refractivity contribution is -0.118. The van der Waals surface area contributed by atoms with Gasteiger partial charge in [0.1, 0.15) is 0 Å². The molecule has 1 heterocycles. The highest BCUT2D eigenvalue weighted by molar-refractivity contribution is 8.14. The molecule has 1 aromatic carbocycles. The number of rotatable bonds is 1. The first-order valence-electron chi connectivity index (χ1n) is 4.94. The Morgan fingerprint density at radius 3 is 2.93 bits per heavy atom. The molecule has 0 aromatic heterocycles. The summed E-state index contributed by atoms with van der Waals surface area (Å²) in [5, 5.41) is 4.88. The van der Waals surface area contributed by atoms with E-state index < -0.39 is 0 Å². The number of carbonyl (C=O) groups excluding carboxylic acids is 1. The topological polar surface area (TPSA) is 43.5 Å². The van der Waals surface area contributed by atoms with Gasteiger partial charge in [-0.05, 0) is 36.7 Å². The van der Waals surface area contributed by atoms with E-state index in [1.54, 1.807) is 0 Å². The van der Waals surface area contributed by atoms with Crippen molar-refractivity contribution in [2.24, 2.45) is 10.9 Å². The third kappa shape index (κ3) is 1.77. The minimum absolute atomic E-state index is 0.00550. The predicted octanol–water partition coefficient (Wildman–Crippen LogP) is 2.32. The lowest BCUT2D eigenvalue weighted by Gasteiger charge is -1.92. The van der Waals surface area contributed by atoms with Crippen molar-refractivity contribution in [1.29, 1.82) is 0 Å². The Bertz CT molecular complexity index is 425. The van der Waals surface area contributed by atoms with Crippen LogP contribution in [0.25, 0.3) is 0 Å². The van der Waals surface area contributed by atoms with E-state index >= 15 is 0 Å². The van der Waals surface area contributed by atoms with Crippen molar-refractivity contribution in [2.75, 3.05) is 0 Å². The van der Waals surface area contributed by atoms with Gasteiger partial charge >= 0.3 is 0 Å². The van der Waals surface area contributed by atoms with Gasteiger partial charge in [0.15, 0.2) is 5.17 Å². The van der Waals surface area contributed by atoms with Crippen LogP contribution in [0.3, 0.4) is 0 Å². The van der Waals surface area contributed by atoms with Gasteiger partial charge in [-0.15, -0.1) is 0 Å². The lowest BCUT2D eigenvalue weighted by atomic mass is 10.3. The van der Waals surface area contributed by atoms with E-state index in [4.69, 9.17) is 0 Å². The second-order valence-electron chi connectivity index (χ2n) is 3.69. The van der Waals surface area contributed by atoms with Gasteiger partial charge in [-0.3, -0.25) is 4.79 Å². The first-order chi connectivity index (χ1) is 7.33. The SMILES string of the molecule is O=C(N=C1[N]c2ccccc2S1)C1CC1. The van der Waals surface area contributed by atoms with Gasteiger partial charge in [0, 0.05) is 10.8 Å². The van der Waals surface area contributed by atoms with Gasteiger partial charge in [0.25, 0.3) is 5.91 Å². The van der Waals surface area contributed by atoms with E-state index in [1.165, 1.54) is 11.8 Å². The third-order valence-electron chi connectivity index (χ3n) is 2.42. The molecule has 1 radical (unpaired) electrons. The van der Waals surface area contributed by atoms with Crippen LogP contribution in [0.5, 0.6) is 0 Å². The fourth-order valence-corrected chi connectivity index (χ4v) is 2.26. The third-order valence-corrected chi connectivity index (χ3v) is 3.35. The molecule has 1 amide bonds. The molecule has 0 spiro atoms. The monoisotopic (exact) mass is 217 g/mol. The second kappa shape index (κ2) is 3.38. The normalized spacial score (nSPS) is 21.2. The summed E-state index contributed by atoms with van der Waals surface area (Å²) < 4.78 is 0. The molecule has 0 bridgehead atoms. The predicted molar refractivity (Wildman–Crippen MR) is 59.3 cm³/mol. The number of fused-ring (bicyclic) bond motifs is 1. The van der Waals surface area contributed by atoms with E-state index in [0.717, 1.165) is 23.4 Å². The van der Waals surface area contributed by atoms with Gasteiger partial charge in [-0.2, -0.15) is 4.99 Å². The molecule has 1 aliphatic heterocycles. The Hall–Kier alpha value is -1.29. The van der Waals surface area contributed by atoms with Gasteiger partial charge in [0.05, 0.1) is 5.69 Å². The maximum absolute atomic E-state index is 11.5. The molecule has 0 atom stereocenters. The van der Waals surface area contributed by atoms with Crippen LogP contribution in [0.2, 0.25) is 0 Å². The van der Waals surface area contributed by atoms with Crippen LogP contribution in [0.15, 0.2) is 34.2 Å². The van der Waals surface area contributed by atoms with Crippen LogP contribution in [-0.2, 0) is 4.79 Å². The fraction of sp³-hybridized carbons (Fsp3) is 0.273. The summed E-state index contributed by atoms with van der Waals surface area (Å²) in [6, 6.07) is 7.83. The van der Waals surface area contributed by atoms with Crippen LogP contribution in [0.1, 0.15) is 12.8 Å². The van der Waals surface area contributed by atoms with Crippen LogP contribution in [-0.4, -0.2) is 11.1 Å². The van der Waals surface area contributed by atoms with E-state index in [2.05, 4.69) is 10.3 Å². The molecule has 3 nitrogen and oxygen atoms in total. The molecule has 0 N–H and O–H groups in total. The molecule has 1 saturated carbocycles. The summed E-state index contributed by atoms with van der Waals surface area (Å²) in [6.45, 7) is 0. The summed E-state index contributed by atoms with van der Waals surface area (Å²) in [6.07, 6.45) is 1.99. The van der Waals surface area contributed by atoms with Crippen molar-refractivity contribution in [3.05, 3.63) is 24.3 Å². The van der Waals surface area contributed by atoms with Crippen molar-refractivity contribution >= 4 is 28.5 Å². The van der Waals surface area contributed by atoms with Gasteiger partial charge in [0.2, 0.25) is 0 Å². The summed E-state index contributed by atoms with van der Waals surface area (Å²) in [4.78, 5) is 16.6. The van der Waals surface area contributed by atoms with Crippen molar-refractivity contribution in [1.82, 2.24) is 5.32 Å². The molecule has 2 aliphatic rings. The Balaban J connectivity index is 1.80. The first-order valence-corrected chi connectivity index (χ1v) is 5.76. The molecule has 0 saturated heterocycles. The number of aliphatic imine (C=N–C) groups is 1. The highest BCUT2D eigenvalue weighted by Crippen LogP contribution is 2.36. The zero-order valence-electron chi connectivity index (χ0n) is 8.01. The smallest absolute Gasteiger partial charge is 0.251 e. The molecule has 75 valence electrons. The average molecular weight is 217 g/mol. The number of para-hydroxylation sites is 1. The Kier molecular flexibility index (Phi) is 2.02. The van der Waals surface area contributed by atoms with Crippen molar-refractivity contribution < 1.29 is 4.79 Å². The number of hydrogen-bond donors (Lipinski definition) is 0. The fourth-order valence-electron chi connectivity index (χ4n) is 1.42. The van der Waals surface area contributed by atoms with Gasteiger partial charge in [-0.1, -0.05) is 12.1 Å². The van der Waals surface area contributed by atoms with Gasteiger partial charge < -0.3 is 0 Å². The van der Waals surface area contributed by atoms with E-state index in [1.807, 2.05) is 24.3 Å². The van der Waals surface area contributed by atoms with Crippen LogP contribution in [0, 0.1) is 5.92 Å². The number of hydrogen-bond acceptors (Lipinski definition) is 2. The summed E-state index contributed by atoms with van der Waals surface area (Å²) >= 11 is 1.47. The molecular weight excluding hydrogens is 208 g/mol. The number of benzene rings is 1. The second-order valence-corrected chi connectivity index (χ2v) is 4.70. The largest absolute Gasteiger partial charge is 0.272 e. The number of thioether (sulfide) groups is 1. The molecule has 15 heavy (non-hydrogen) atoms. The van der Waals surface area contributed by atoms with Crippen molar-refractivity contribution in [3.63, 3.8) is 0 Å². The summed E-state index contributed by atoms with van der Waals surface area (Å²) in [7, 11) is 0. The average Bonchev–Trinajstić information content (AvgIpc) is 2.99. The van der Waals surface area contributed by atoms with Crippen molar-refractivity contribution in [3.8, 4) is 0 Å². The van der Waals surface area contributed by atoms with Crippen LogP contribution in [0.4, 0.5) is 5.69 Å². The minimum Gasteiger partial charge on any atom is -0.272 e. The van der Waals surface area contributed by atoms with Gasteiger partial charge in [-0.25, -0.2) is 5.32 Å². The molecular formula is C11H9N2OS. The Morgan fingerprint density at radius 1 is 1.40 bits per heavy atom. The maximum atomic E-state index is 11.5. The highest BCUT2D eigenvalue weighted by Gasteiger charge is 2.30. The Morgan fingerprint density at radius 2 is 2.20 bits per heavy atom. The number of carbonyl (C=O) groups is 1. The quantitative estimate of drug-likeness (QED) is 0.724. The van der Waals surface area contributed by atoms with E-state index in [9.17, 15) is 4.79 Å². The summed E-state index contributed by atoms with van der Waals surface area (Å²) in [5.41, 5.74) is 0.921. The zero-order chi connectivity index (χ0) is 10.3. The Labute approximate surface area is 92.0 Å². The number of amidine groups is 1. The minimum atomic E-state index is -0.00550. The molecule has 1 aromatic rings. The lowest BCUT2D eigenvalue weighted by Crippen LogP contribution is -2.05. The first kappa shape index (κ1) is 8.97. The number of nitrogens with zero attached hydrogens (tertiary/aromatic N) is 2. The van der Waals surface area contributed by atoms with E-state index in [0.29, 0.717) is 5.17 Å². The number of amides is 1. The van der Waals surface area contributed by atoms with Crippen LogP contribution >= 0.6 is 11.8 Å². The summed E-state index contributed by atoms with van der Waals surface area (Å²) in [5.74, 6) is 0.172.